The van der Waals surface area contributed by atoms with Gasteiger partial charge in [0.1, 0.15) is 29.7 Å². The number of carbonyl (C=O) groups excluding carboxylic acids is 1. The van der Waals surface area contributed by atoms with Gasteiger partial charge < -0.3 is 13.7 Å². The van der Waals surface area contributed by atoms with Crippen LogP contribution in [0.1, 0.15) is 21.9 Å². The van der Waals surface area contributed by atoms with Gasteiger partial charge in [-0.3, -0.25) is 4.79 Å². The summed E-state index contributed by atoms with van der Waals surface area (Å²) in [6.07, 6.45) is 6.93. The van der Waals surface area contributed by atoms with E-state index in [1.54, 1.807) is 24.3 Å². The molecule has 0 radical (unpaired) electrons. The predicted octanol–water partition coefficient (Wildman–Crippen LogP) is 6.34. The zero-order valence-electron chi connectivity index (χ0n) is 15.8. The minimum atomic E-state index is -0.502. The van der Waals surface area contributed by atoms with Crippen LogP contribution in [-0.4, -0.2) is 10.4 Å². The van der Waals surface area contributed by atoms with Crippen molar-refractivity contribution >= 4 is 23.5 Å². The summed E-state index contributed by atoms with van der Waals surface area (Å²) in [6, 6.07) is 18.9. The van der Waals surface area contributed by atoms with Crippen molar-refractivity contribution in [3.05, 3.63) is 113 Å². The van der Waals surface area contributed by atoms with E-state index >= 15 is 0 Å². The van der Waals surface area contributed by atoms with Crippen LogP contribution < -0.4 is 4.74 Å². The normalized spacial score (nSPS) is 11.1. The Kier molecular flexibility index (Phi) is 5.82. The molecule has 0 N–H and O–H groups in total. The molecule has 0 bridgehead atoms. The van der Waals surface area contributed by atoms with Crippen molar-refractivity contribution in [3.63, 3.8) is 0 Å². The van der Waals surface area contributed by atoms with Crippen molar-refractivity contribution in [1.29, 1.82) is 0 Å². The van der Waals surface area contributed by atoms with E-state index < -0.39 is 5.82 Å². The van der Waals surface area contributed by atoms with Crippen LogP contribution in [0.5, 0.6) is 5.75 Å². The average molecular weight is 422 g/mol. The van der Waals surface area contributed by atoms with Crippen LogP contribution in [0.15, 0.2) is 89.6 Å². The number of carbonyl (C=O) groups is 1. The Morgan fingerprint density at radius 2 is 1.90 bits per heavy atom. The Balaban J connectivity index is 1.39. The first-order valence-electron chi connectivity index (χ1n) is 9.21. The smallest absolute Gasteiger partial charge is 0.186 e. The SMILES string of the molecule is O=C(/C=C/c1ccc(COc2ccc(F)c(Cl)c2)o1)c1cccc(-n2cccc2)c1. The molecule has 2 heterocycles. The van der Waals surface area contributed by atoms with Crippen LogP contribution >= 0.6 is 11.6 Å². The number of ketones is 1. The fourth-order valence-corrected chi connectivity index (χ4v) is 3.03. The molecule has 6 heteroatoms. The van der Waals surface area contributed by atoms with Crippen LogP contribution in [0.4, 0.5) is 4.39 Å². The van der Waals surface area contributed by atoms with E-state index in [2.05, 4.69) is 0 Å². The average Bonchev–Trinajstić information content (AvgIpc) is 3.45. The van der Waals surface area contributed by atoms with Crippen molar-refractivity contribution in [2.75, 3.05) is 0 Å². The molecule has 2 aromatic carbocycles. The van der Waals surface area contributed by atoms with Crippen LogP contribution in [0, 0.1) is 5.82 Å². The molecular formula is C24H17ClFNO3. The summed E-state index contributed by atoms with van der Waals surface area (Å²) in [4.78, 5) is 12.5. The highest BCUT2D eigenvalue weighted by atomic mass is 35.5. The van der Waals surface area contributed by atoms with E-state index in [1.807, 2.05) is 47.3 Å². The number of halogens is 2. The van der Waals surface area contributed by atoms with Crippen LogP contribution in [0.2, 0.25) is 5.02 Å². The summed E-state index contributed by atoms with van der Waals surface area (Å²) in [6.45, 7) is 0.155. The lowest BCUT2D eigenvalue weighted by Crippen LogP contribution is -1.97. The molecule has 150 valence electrons. The molecule has 0 fully saturated rings. The summed E-state index contributed by atoms with van der Waals surface area (Å²) >= 11 is 5.74. The first-order chi connectivity index (χ1) is 14.6. The number of furan rings is 1. The zero-order chi connectivity index (χ0) is 20.9. The van der Waals surface area contributed by atoms with Gasteiger partial charge in [-0.15, -0.1) is 0 Å². The summed E-state index contributed by atoms with van der Waals surface area (Å²) in [5.74, 6) is 0.905. The van der Waals surface area contributed by atoms with E-state index in [9.17, 15) is 9.18 Å². The first kappa shape index (κ1) is 19.7. The molecule has 0 spiro atoms. The fraction of sp³-hybridized carbons (Fsp3) is 0.0417. The summed E-state index contributed by atoms with van der Waals surface area (Å²) < 4.78 is 26.3. The van der Waals surface area contributed by atoms with Gasteiger partial charge in [-0.2, -0.15) is 0 Å². The van der Waals surface area contributed by atoms with Gasteiger partial charge in [0.2, 0.25) is 0 Å². The van der Waals surface area contributed by atoms with Gasteiger partial charge in [0, 0.05) is 29.7 Å². The maximum Gasteiger partial charge on any atom is 0.186 e. The summed E-state index contributed by atoms with van der Waals surface area (Å²) in [5, 5.41) is -0.00470. The van der Waals surface area contributed by atoms with E-state index in [-0.39, 0.29) is 17.4 Å². The molecule has 4 rings (SSSR count). The maximum absolute atomic E-state index is 13.2. The van der Waals surface area contributed by atoms with Gasteiger partial charge in [0.05, 0.1) is 5.02 Å². The van der Waals surface area contributed by atoms with Crippen molar-refractivity contribution in [3.8, 4) is 11.4 Å². The van der Waals surface area contributed by atoms with E-state index in [0.717, 1.165) is 5.69 Å². The number of hydrogen-bond acceptors (Lipinski definition) is 3. The van der Waals surface area contributed by atoms with Gasteiger partial charge in [0.15, 0.2) is 5.78 Å². The van der Waals surface area contributed by atoms with Crippen molar-refractivity contribution in [2.45, 2.75) is 6.61 Å². The van der Waals surface area contributed by atoms with Gasteiger partial charge in [-0.1, -0.05) is 23.7 Å². The lowest BCUT2D eigenvalue weighted by Gasteiger charge is -2.04. The van der Waals surface area contributed by atoms with E-state index in [0.29, 0.717) is 22.8 Å². The Morgan fingerprint density at radius 3 is 2.70 bits per heavy atom. The van der Waals surface area contributed by atoms with Crippen LogP contribution in [0.25, 0.3) is 11.8 Å². The zero-order valence-corrected chi connectivity index (χ0v) is 16.6. The van der Waals surface area contributed by atoms with Gasteiger partial charge in [-0.05, 0) is 60.7 Å². The summed E-state index contributed by atoms with van der Waals surface area (Å²) in [5.41, 5.74) is 1.50. The number of allylic oxidation sites excluding steroid dienone is 1. The Bertz CT molecular complexity index is 1190. The highest BCUT2D eigenvalue weighted by Crippen LogP contribution is 2.22. The van der Waals surface area contributed by atoms with E-state index in [4.69, 9.17) is 20.8 Å². The number of hydrogen-bond donors (Lipinski definition) is 0. The maximum atomic E-state index is 13.2. The molecule has 0 aliphatic carbocycles. The number of aromatic nitrogens is 1. The molecule has 0 amide bonds. The standard InChI is InChI=1S/C24H17ClFNO3/c25-22-15-20(8-10-23(22)26)29-16-21-7-6-19(30-21)9-11-24(28)17-4-3-5-18(14-17)27-12-1-2-13-27/h1-15H,16H2/b11-9+. The Labute approximate surface area is 177 Å². The molecule has 0 aliphatic rings. The third-order valence-corrected chi connectivity index (χ3v) is 4.68. The second-order valence-electron chi connectivity index (χ2n) is 6.51. The van der Waals surface area contributed by atoms with Crippen molar-refractivity contribution < 1.29 is 18.3 Å². The number of nitrogens with zero attached hydrogens (tertiary/aromatic N) is 1. The number of rotatable bonds is 7. The quantitative estimate of drug-likeness (QED) is 0.258. The largest absolute Gasteiger partial charge is 0.486 e. The van der Waals surface area contributed by atoms with E-state index in [1.165, 1.54) is 24.3 Å². The monoisotopic (exact) mass is 421 g/mol. The molecule has 0 unspecified atom stereocenters. The number of ether oxygens (including phenoxy) is 1. The highest BCUT2D eigenvalue weighted by molar-refractivity contribution is 6.30. The van der Waals surface area contributed by atoms with Crippen molar-refractivity contribution in [1.82, 2.24) is 4.57 Å². The minimum absolute atomic E-state index is 0.00470. The van der Waals surface area contributed by atoms with Gasteiger partial charge >= 0.3 is 0 Å². The minimum Gasteiger partial charge on any atom is -0.486 e. The third-order valence-electron chi connectivity index (χ3n) is 4.39. The van der Waals surface area contributed by atoms with Crippen LogP contribution in [-0.2, 0) is 6.61 Å². The van der Waals surface area contributed by atoms with Crippen LogP contribution in [0.3, 0.4) is 0 Å². The van der Waals surface area contributed by atoms with Gasteiger partial charge in [0.25, 0.3) is 0 Å². The summed E-state index contributed by atoms with van der Waals surface area (Å²) in [7, 11) is 0. The molecule has 0 aliphatic heterocycles. The second kappa shape index (κ2) is 8.84. The lowest BCUT2D eigenvalue weighted by atomic mass is 10.1. The lowest BCUT2D eigenvalue weighted by molar-refractivity contribution is 0.104. The molecule has 0 atom stereocenters. The predicted molar refractivity (Wildman–Crippen MR) is 114 cm³/mol. The highest BCUT2D eigenvalue weighted by Gasteiger charge is 2.07. The Morgan fingerprint density at radius 1 is 1.07 bits per heavy atom. The molecule has 4 nitrogen and oxygen atoms in total. The molecular weight excluding hydrogens is 405 g/mol. The molecule has 0 saturated heterocycles. The molecule has 30 heavy (non-hydrogen) atoms. The topological polar surface area (TPSA) is 44.4 Å². The second-order valence-corrected chi connectivity index (χ2v) is 6.91. The van der Waals surface area contributed by atoms with Gasteiger partial charge in [-0.25, -0.2) is 4.39 Å². The fourth-order valence-electron chi connectivity index (χ4n) is 2.86. The molecule has 2 aromatic heterocycles. The third kappa shape index (κ3) is 4.70. The Hall–Kier alpha value is -3.57. The molecule has 4 aromatic rings. The van der Waals surface area contributed by atoms with Crippen molar-refractivity contribution in [2.24, 2.45) is 0 Å². The first-order valence-corrected chi connectivity index (χ1v) is 9.59. The molecule has 0 saturated carbocycles. The number of benzene rings is 2.